The highest BCUT2D eigenvalue weighted by atomic mass is 32.2. The highest BCUT2D eigenvalue weighted by molar-refractivity contribution is 8.03. The van der Waals surface area contributed by atoms with Gasteiger partial charge < -0.3 is 0 Å². The van der Waals surface area contributed by atoms with Gasteiger partial charge >= 0.3 is 0 Å². The molecule has 0 aliphatic carbocycles. The quantitative estimate of drug-likeness (QED) is 0.525. The van der Waals surface area contributed by atoms with Crippen LogP contribution in [0.2, 0.25) is 0 Å². The van der Waals surface area contributed by atoms with Gasteiger partial charge in [-0.2, -0.15) is 5.26 Å². The Bertz CT molecular complexity index is 374. The standard InChI is InChI=1S/C11H11NS/c1-8-4-5-11(9(2)6-8)13-10(3)7-12/h4-6H,3H2,1-2H3. The molecule has 0 bridgehead atoms. The van der Waals surface area contributed by atoms with Crippen molar-refractivity contribution in [1.29, 1.82) is 5.26 Å². The van der Waals surface area contributed by atoms with Crippen LogP contribution in [0.15, 0.2) is 34.6 Å². The SMILES string of the molecule is C=C(C#N)Sc1ccc(C)cc1C. The van der Waals surface area contributed by atoms with Crippen LogP contribution in [0.25, 0.3) is 0 Å². The van der Waals surface area contributed by atoms with E-state index in [4.69, 9.17) is 5.26 Å². The lowest BCUT2D eigenvalue weighted by molar-refractivity contribution is 1.27. The summed E-state index contributed by atoms with van der Waals surface area (Å²) in [7, 11) is 0. The molecule has 1 aromatic rings. The Hall–Kier alpha value is -1.20. The second-order valence-electron chi connectivity index (χ2n) is 2.91. The molecule has 0 N–H and O–H groups in total. The van der Waals surface area contributed by atoms with Crippen molar-refractivity contribution in [2.24, 2.45) is 0 Å². The smallest absolute Gasteiger partial charge is 0.106 e. The van der Waals surface area contributed by atoms with Gasteiger partial charge in [0, 0.05) is 4.90 Å². The molecule has 0 atom stereocenters. The largest absolute Gasteiger partial charge is 0.192 e. The predicted molar refractivity (Wildman–Crippen MR) is 56.5 cm³/mol. The Morgan fingerprint density at radius 2 is 2.15 bits per heavy atom. The maximum absolute atomic E-state index is 8.57. The topological polar surface area (TPSA) is 23.8 Å². The van der Waals surface area contributed by atoms with E-state index in [1.54, 1.807) is 0 Å². The fraction of sp³-hybridized carbons (Fsp3) is 0.182. The third-order valence-corrected chi connectivity index (χ3v) is 2.70. The van der Waals surface area contributed by atoms with Gasteiger partial charge in [0.15, 0.2) is 0 Å². The summed E-state index contributed by atoms with van der Waals surface area (Å²) in [5.74, 6) is 0. The van der Waals surface area contributed by atoms with E-state index in [2.05, 4.69) is 19.6 Å². The summed E-state index contributed by atoms with van der Waals surface area (Å²) >= 11 is 1.42. The molecular formula is C11H11NS. The highest BCUT2D eigenvalue weighted by Crippen LogP contribution is 2.28. The first-order valence-corrected chi connectivity index (χ1v) is 4.79. The molecule has 1 aromatic carbocycles. The summed E-state index contributed by atoms with van der Waals surface area (Å²) in [6.45, 7) is 7.73. The van der Waals surface area contributed by atoms with E-state index in [9.17, 15) is 0 Å². The second kappa shape index (κ2) is 4.15. The summed E-state index contributed by atoms with van der Waals surface area (Å²) in [4.78, 5) is 1.64. The number of aryl methyl sites for hydroxylation is 2. The van der Waals surface area contributed by atoms with Crippen molar-refractivity contribution >= 4 is 11.8 Å². The molecule has 13 heavy (non-hydrogen) atoms. The molecule has 0 saturated carbocycles. The minimum absolute atomic E-state index is 0.534. The summed E-state index contributed by atoms with van der Waals surface area (Å²) in [5, 5.41) is 8.57. The molecule has 1 rings (SSSR count). The Morgan fingerprint density at radius 3 is 2.69 bits per heavy atom. The zero-order valence-corrected chi connectivity index (χ0v) is 8.61. The van der Waals surface area contributed by atoms with E-state index in [1.807, 2.05) is 25.1 Å². The van der Waals surface area contributed by atoms with Gasteiger partial charge in [-0.1, -0.05) is 36.0 Å². The first-order valence-electron chi connectivity index (χ1n) is 3.97. The lowest BCUT2D eigenvalue weighted by atomic mass is 10.2. The number of hydrogen-bond acceptors (Lipinski definition) is 2. The lowest BCUT2D eigenvalue weighted by Gasteiger charge is -2.03. The summed E-state index contributed by atoms with van der Waals surface area (Å²) < 4.78 is 0. The second-order valence-corrected chi connectivity index (χ2v) is 4.04. The van der Waals surface area contributed by atoms with Crippen molar-refractivity contribution in [3.8, 4) is 6.07 Å². The van der Waals surface area contributed by atoms with Gasteiger partial charge in [-0.05, 0) is 25.5 Å². The maximum atomic E-state index is 8.57. The molecule has 0 aliphatic rings. The van der Waals surface area contributed by atoms with Gasteiger partial charge in [-0.15, -0.1) is 0 Å². The molecule has 0 amide bonds. The van der Waals surface area contributed by atoms with Crippen LogP contribution in [0.4, 0.5) is 0 Å². The van der Waals surface area contributed by atoms with Crippen LogP contribution >= 0.6 is 11.8 Å². The maximum Gasteiger partial charge on any atom is 0.106 e. The third-order valence-electron chi connectivity index (χ3n) is 1.69. The number of thioether (sulfide) groups is 1. The van der Waals surface area contributed by atoms with E-state index in [0.29, 0.717) is 4.91 Å². The zero-order chi connectivity index (χ0) is 9.84. The van der Waals surface area contributed by atoms with E-state index in [0.717, 1.165) is 4.90 Å². The van der Waals surface area contributed by atoms with Crippen molar-refractivity contribution < 1.29 is 0 Å². The number of benzene rings is 1. The molecular weight excluding hydrogens is 178 g/mol. The predicted octanol–water partition coefficient (Wildman–Crippen LogP) is 3.43. The molecule has 66 valence electrons. The highest BCUT2D eigenvalue weighted by Gasteiger charge is 2.00. The van der Waals surface area contributed by atoms with Gasteiger partial charge in [0.1, 0.15) is 6.07 Å². The van der Waals surface area contributed by atoms with Crippen molar-refractivity contribution in [3.05, 3.63) is 40.8 Å². The Balaban J connectivity index is 2.91. The van der Waals surface area contributed by atoms with Crippen molar-refractivity contribution in [2.45, 2.75) is 18.7 Å². The Kier molecular flexibility index (Phi) is 3.16. The number of allylic oxidation sites excluding steroid dienone is 1. The number of rotatable bonds is 2. The molecule has 0 spiro atoms. The number of nitrogens with zero attached hydrogens (tertiary/aromatic N) is 1. The van der Waals surface area contributed by atoms with Crippen LogP contribution in [-0.4, -0.2) is 0 Å². The van der Waals surface area contributed by atoms with Crippen LogP contribution in [0, 0.1) is 25.2 Å². The number of hydrogen-bond donors (Lipinski definition) is 0. The molecule has 0 unspecified atom stereocenters. The van der Waals surface area contributed by atoms with Crippen molar-refractivity contribution in [2.75, 3.05) is 0 Å². The Labute approximate surface area is 83.1 Å². The van der Waals surface area contributed by atoms with E-state index in [-0.39, 0.29) is 0 Å². The van der Waals surface area contributed by atoms with Crippen LogP contribution in [0.3, 0.4) is 0 Å². The molecule has 0 radical (unpaired) electrons. The molecule has 0 heterocycles. The lowest BCUT2D eigenvalue weighted by Crippen LogP contribution is -1.81. The van der Waals surface area contributed by atoms with Crippen LogP contribution in [0.5, 0.6) is 0 Å². The van der Waals surface area contributed by atoms with Gasteiger partial charge in [-0.25, -0.2) is 0 Å². The van der Waals surface area contributed by atoms with Crippen LogP contribution in [0.1, 0.15) is 11.1 Å². The summed E-state index contributed by atoms with van der Waals surface area (Å²) in [6, 6.07) is 8.20. The fourth-order valence-electron chi connectivity index (χ4n) is 1.07. The first-order chi connectivity index (χ1) is 6.13. The number of nitriles is 1. The van der Waals surface area contributed by atoms with Gasteiger partial charge in [-0.3, -0.25) is 0 Å². The molecule has 2 heteroatoms. The summed E-state index contributed by atoms with van der Waals surface area (Å²) in [6.07, 6.45) is 0. The molecule has 0 fully saturated rings. The normalized spacial score (nSPS) is 9.31. The van der Waals surface area contributed by atoms with Crippen molar-refractivity contribution in [1.82, 2.24) is 0 Å². The van der Waals surface area contributed by atoms with Gasteiger partial charge in [0.05, 0.1) is 4.91 Å². The average molecular weight is 189 g/mol. The zero-order valence-electron chi connectivity index (χ0n) is 7.79. The van der Waals surface area contributed by atoms with Gasteiger partial charge in [0.25, 0.3) is 0 Å². The molecule has 0 aromatic heterocycles. The first kappa shape index (κ1) is 9.88. The average Bonchev–Trinajstić information content (AvgIpc) is 2.09. The van der Waals surface area contributed by atoms with Crippen LogP contribution in [-0.2, 0) is 0 Å². The summed E-state index contributed by atoms with van der Waals surface area (Å²) in [5.41, 5.74) is 2.44. The van der Waals surface area contributed by atoms with E-state index < -0.39 is 0 Å². The minimum Gasteiger partial charge on any atom is -0.192 e. The molecule has 0 aliphatic heterocycles. The minimum atomic E-state index is 0.534. The van der Waals surface area contributed by atoms with E-state index >= 15 is 0 Å². The molecule has 1 nitrogen and oxygen atoms in total. The Morgan fingerprint density at radius 1 is 1.46 bits per heavy atom. The van der Waals surface area contributed by atoms with E-state index in [1.165, 1.54) is 22.9 Å². The van der Waals surface area contributed by atoms with Crippen LogP contribution < -0.4 is 0 Å². The van der Waals surface area contributed by atoms with Crippen molar-refractivity contribution in [3.63, 3.8) is 0 Å². The van der Waals surface area contributed by atoms with Gasteiger partial charge in [0.2, 0.25) is 0 Å². The fourth-order valence-corrected chi connectivity index (χ4v) is 1.74. The monoisotopic (exact) mass is 189 g/mol. The molecule has 0 saturated heterocycles. The third kappa shape index (κ3) is 2.64.